The Morgan fingerprint density at radius 3 is 2.44 bits per heavy atom. The third-order valence-electron chi connectivity index (χ3n) is 2.98. The summed E-state index contributed by atoms with van der Waals surface area (Å²) in [5.41, 5.74) is 0. The number of halogens is 3. The van der Waals surface area contributed by atoms with E-state index in [0.29, 0.717) is 0 Å². The number of likely N-dealkylation sites (tertiary alicyclic amines) is 1. The molecule has 0 aromatic heterocycles. The van der Waals surface area contributed by atoms with Crippen LogP contribution in [-0.2, 0) is 9.59 Å². The van der Waals surface area contributed by atoms with Gasteiger partial charge in [-0.05, 0) is 0 Å². The molecule has 1 unspecified atom stereocenters. The summed E-state index contributed by atoms with van der Waals surface area (Å²) in [4.78, 5) is 23.6. The molecular formula is C9H11F3N2O2. The first-order valence-corrected chi connectivity index (χ1v) is 5.00. The Bertz CT molecular complexity index is 323. The minimum absolute atomic E-state index is 0.0893. The smallest absolute Gasteiger partial charge is 0.355 e. The second kappa shape index (κ2) is 3.64. The van der Waals surface area contributed by atoms with E-state index in [4.69, 9.17) is 0 Å². The van der Waals surface area contributed by atoms with E-state index in [1.54, 1.807) is 0 Å². The van der Waals surface area contributed by atoms with Crippen molar-refractivity contribution in [2.75, 3.05) is 19.6 Å². The number of nitrogens with one attached hydrogen (secondary N) is 1. The second-order valence-electron chi connectivity index (χ2n) is 4.19. The summed E-state index contributed by atoms with van der Waals surface area (Å²) in [5, 5.41) is 2.49. The fourth-order valence-electron chi connectivity index (χ4n) is 1.90. The summed E-state index contributed by atoms with van der Waals surface area (Å²) in [5.74, 6) is -2.45. The number of alkyl halides is 3. The number of carbonyl (C=O) groups is 2. The van der Waals surface area contributed by atoms with E-state index >= 15 is 0 Å². The summed E-state index contributed by atoms with van der Waals surface area (Å²) in [6.07, 6.45) is -4.13. The zero-order chi connectivity index (χ0) is 11.9. The highest BCUT2D eigenvalue weighted by molar-refractivity contribution is 5.89. The largest absolute Gasteiger partial charge is 0.395 e. The van der Waals surface area contributed by atoms with Gasteiger partial charge >= 0.3 is 6.18 Å². The van der Waals surface area contributed by atoms with Gasteiger partial charge in [0.25, 0.3) is 0 Å². The number of amides is 2. The number of hydrogen-bond acceptors (Lipinski definition) is 2. The molecule has 0 bridgehead atoms. The van der Waals surface area contributed by atoms with Crippen LogP contribution in [-0.4, -0.2) is 42.5 Å². The predicted octanol–water partition coefficient (Wildman–Crippen LogP) is 0.143. The highest BCUT2D eigenvalue weighted by atomic mass is 19.4. The average molecular weight is 236 g/mol. The van der Waals surface area contributed by atoms with E-state index in [-0.39, 0.29) is 37.9 Å². The third-order valence-corrected chi connectivity index (χ3v) is 2.98. The van der Waals surface area contributed by atoms with E-state index in [1.165, 1.54) is 4.90 Å². The molecule has 0 saturated carbocycles. The van der Waals surface area contributed by atoms with Gasteiger partial charge in [0.1, 0.15) is 0 Å². The molecule has 2 aliphatic heterocycles. The van der Waals surface area contributed by atoms with Crippen molar-refractivity contribution < 1.29 is 22.8 Å². The molecule has 2 aliphatic rings. The van der Waals surface area contributed by atoms with Gasteiger partial charge in [0.05, 0.1) is 11.8 Å². The van der Waals surface area contributed by atoms with Crippen molar-refractivity contribution in [2.45, 2.75) is 12.6 Å². The zero-order valence-electron chi connectivity index (χ0n) is 8.38. The molecular weight excluding hydrogens is 225 g/mol. The average Bonchev–Trinajstić information content (AvgIpc) is 2.45. The lowest BCUT2D eigenvalue weighted by Gasteiger charge is -2.41. The number of carbonyl (C=O) groups excluding carboxylic acids is 2. The van der Waals surface area contributed by atoms with Gasteiger partial charge in [0, 0.05) is 26.1 Å². The monoisotopic (exact) mass is 236 g/mol. The van der Waals surface area contributed by atoms with Crippen LogP contribution >= 0.6 is 0 Å². The minimum Gasteiger partial charge on any atom is -0.355 e. The van der Waals surface area contributed by atoms with Crippen molar-refractivity contribution in [3.8, 4) is 0 Å². The third kappa shape index (κ3) is 1.98. The molecule has 1 N–H and O–H groups in total. The maximum atomic E-state index is 12.2. The Labute approximate surface area is 89.8 Å². The van der Waals surface area contributed by atoms with Gasteiger partial charge < -0.3 is 10.2 Å². The van der Waals surface area contributed by atoms with Gasteiger partial charge in [0.2, 0.25) is 11.8 Å². The van der Waals surface area contributed by atoms with Crippen molar-refractivity contribution in [1.29, 1.82) is 0 Å². The Morgan fingerprint density at radius 1 is 1.38 bits per heavy atom. The lowest BCUT2D eigenvalue weighted by Crippen LogP contribution is -2.57. The van der Waals surface area contributed by atoms with Crippen LogP contribution in [0.5, 0.6) is 0 Å². The maximum Gasteiger partial charge on any atom is 0.395 e. The fraction of sp³-hybridized carbons (Fsp3) is 0.778. The molecule has 2 heterocycles. The first-order chi connectivity index (χ1) is 7.38. The Hall–Kier alpha value is -1.27. The van der Waals surface area contributed by atoms with Crippen LogP contribution in [0.3, 0.4) is 0 Å². The van der Waals surface area contributed by atoms with Crippen molar-refractivity contribution in [1.82, 2.24) is 10.2 Å². The van der Waals surface area contributed by atoms with Gasteiger partial charge in [-0.15, -0.1) is 0 Å². The number of hydrogen-bond donors (Lipinski definition) is 1. The molecule has 0 aliphatic carbocycles. The molecule has 2 rings (SSSR count). The van der Waals surface area contributed by atoms with Gasteiger partial charge in [-0.25, -0.2) is 0 Å². The van der Waals surface area contributed by atoms with Crippen molar-refractivity contribution in [2.24, 2.45) is 11.8 Å². The van der Waals surface area contributed by atoms with Crippen LogP contribution in [0.25, 0.3) is 0 Å². The van der Waals surface area contributed by atoms with Gasteiger partial charge in [-0.3, -0.25) is 9.59 Å². The Balaban J connectivity index is 1.84. The van der Waals surface area contributed by atoms with E-state index in [0.717, 1.165) is 0 Å². The molecule has 2 fully saturated rings. The zero-order valence-corrected chi connectivity index (χ0v) is 8.38. The lowest BCUT2D eigenvalue weighted by molar-refractivity contribution is -0.210. The highest BCUT2D eigenvalue weighted by Gasteiger charge is 2.49. The summed E-state index contributed by atoms with van der Waals surface area (Å²) in [6, 6.07) is 0. The molecule has 1 atom stereocenters. The number of nitrogens with zero attached hydrogens (tertiary/aromatic N) is 1. The highest BCUT2D eigenvalue weighted by Crippen LogP contribution is 2.34. The molecule has 2 saturated heterocycles. The first-order valence-electron chi connectivity index (χ1n) is 5.00. The SMILES string of the molecule is O=C1CC(C(=O)N2CC(C(F)(F)F)C2)CN1. The summed E-state index contributed by atoms with van der Waals surface area (Å²) >= 11 is 0. The van der Waals surface area contributed by atoms with Crippen LogP contribution < -0.4 is 5.32 Å². The van der Waals surface area contributed by atoms with Crippen LogP contribution in [0, 0.1) is 11.8 Å². The molecule has 0 spiro atoms. The van der Waals surface area contributed by atoms with E-state index in [9.17, 15) is 22.8 Å². The van der Waals surface area contributed by atoms with Crippen molar-refractivity contribution in [3.05, 3.63) is 0 Å². The molecule has 16 heavy (non-hydrogen) atoms. The molecule has 2 amide bonds. The van der Waals surface area contributed by atoms with E-state index < -0.39 is 18.0 Å². The van der Waals surface area contributed by atoms with Gasteiger partial charge in [-0.1, -0.05) is 0 Å². The fourth-order valence-corrected chi connectivity index (χ4v) is 1.90. The summed E-state index contributed by atoms with van der Waals surface area (Å²) < 4.78 is 36.5. The molecule has 0 aromatic rings. The topological polar surface area (TPSA) is 49.4 Å². The predicted molar refractivity (Wildman–Crippen MR) is 47.2 cm³/mol. The normalized spacial score (nSPS) is 26.6. The Kier molecular flexibility index (Phi) is 2.55. The minimum atomic E-state index is -4.22. The Morgan fingerprint density at radius 2 is 2.00 bits per heavy atom. The molecule has 90 valence electrons. The second-order valence-corrected chi connectivity index (χ2v) is 4.19. The van der Waals surface area contributed by atoms with Crippen molar-refractivity contribution >= 4 is 11.8 Å². The lowest BCUT2D eigenvalue weighted by atomic mass is 9.96. The van der Waals surface area contributed by atoms with Gasteiger partial charge in [0.15, 0.2) is 0 Å². The standard InChI is InChI=1S/C9H11F3N2O2/c10-9(11,12)6-3-14(4-6)8(16)5-1-7(15)13-2-5/h5-6H,1-4H2,(H,13,15). The van der Waals surface area contributed by atoms with Crippen molar-refractivity contribution in [3.63, 3.8) is 0 Å². The van der Waals surface area contributed by atoms with Crippen LogP contribution in [0.15, 0.2) is 0 Å². The molecule has 4 nitrogen and oxygen atoms in total. The summed E-state index contributed by atoms with van der Waals surface area (Å²) in [6.45, 7) is -0.301. The molecule has 0 aromatic carbocycles. The first kappa shape index (κ1) is 11.2. The van der Waals surface area contributed by atoms with Crippen LogP contribution in [0.2, 0.25) is 0 Å². The van der Waals surface area contributed by atoms with Gasteiger partial charge in [-0.2, -0.15) is 13.2 Å². The van der Waals surface area contributed by atoms with E-state index in [2.05, 4.69) is 5.32 Å². The number of rotatable bonds is 1. The van der Waals surface area contributed by atoms with Crippen LogP contribution in [0.4, 0.5) is 13.2 Å². The molecule has 0 radical (unpaired) electrons. The summed E-state index contributed by atoms with van der Waals surface area (Å²) in [7, 11) is 0. The quantitative estimate of drug-likeness (QED) is 0.704. The maximum absolute atomic E-state index is 12.2. The molecule has 7 heteroatoms. The van der Waals surface area contributed by atoms with E-state index in [1.807, 2.05) is 0 Å². The van der Waals surface area contributed by atoms with Crippen LogP contribution in [0.1, 0.15) is 6.42 Å².